The van der Waals surface area contributed by atoms with Crippen molar-refractivity contribution in [1.82, 2.24) is 15.5 Å². The van der Waals surface area contributed by atoms with Crippen LogP contribution in [-0.4, -0.2) is 55.7 Å². The third-order valence-corrected chi connectivity index (χ3v) is 5.55. The van der Waals surface area contributed by atoms with Crippen LogP contribution in [0, 0.1) is 0 Å². The molecule has 28 heavy (non-hydrogen) atoms. The SMILES string of the molecule is CCOC(=O)c1ccc(CNC(=NC)NC2CCN(C3CCCC3)C2)cc1.I. The number of likely N-dealkylation sites (tertiary alicyclic amines) is 1. The second kappa shape index (κ2) is 11.6. The fourth-order valence-corrected chi connectivity index (χ4v) is 4.05. The number of ether oxygens (including phenoxy) is 1. The number of benzene rings is 1. The summed E-state index contributed by atoms with van der Waals surface area (Å²) < 4.78 is 5.02. The largest absolute Gasteiger partial charge is 0.462 e. The Morgan fingerprint density at radius 2 is 1.93 bits per heavy atom. The zero-order valence-electron chi connectivity index (χ0n) is 16.9. The molecule has 7 heteroatoms. The lowest BCUT2D eigenvalue weighted by Crippen LogP contribution is -2.45. The van der Waals surface area contributed by atoms with Gasteiger partial charge in [-0.2, -0.15) is 0 Å². The highest BCUT2D eigenvalue weighted by molar-refractivity contribution is 14.0. The van der Waals surface area contributed by atoms with Gasteiger partial charge in [-0.1, -0.05) is 25.0 Å². The van der Waals surface area contributed by atoms with Crippen molar-refractivity contribution in [1.29, 1.82) is 0 Å². The molecule has 1 aliphatic heterocycles. The molecule has 0 bridgehead atoms. The molecule has 156 valence electrons. The molecule has 0 radical (unpaired) electrons. The molecule has 1 aromatic rings. The summed E-state index contributed by atoms with van der Waals surface area (Å²) in [5, 5.41) is 6.93. The van der Waals surface area contributed by atoms with Crippen molar-refractivity contribution in [3.05, 3.63) is 35.4 Å². The number of carbonyl (C=O) groups excluding carboxylic acids is 1. The molecule has 0 aromatic heterocycles. The molecule has 0 amide bonds. The van der Waals surface area contributed by atoms with E-state index in [1.54, 1.807) is 0 Å². The lowest BCUT2D eigenvalue weighted by atomic mass is 10.1. The van der Waals surface area contributed by atoms with E-state index in [2.05, 4.69) is 20.5 Å². The van der Waals surface area contributed by atoms with Crippen LogP contribution in [0.5, 0.6) is 0 Å². The molecule has 1 aromatic carbocycles. The maximum absolute atomic E-state index is 11.7. The van der Waals surface area contributed by atoms with E-state index in [0.717, 1.165) is 24.1 Å². The topological polar surface area (TPSA) is 66.0 Å². The number of hydrogen-bond acceptors (Lipinski definition) is 4. The Balaban J connectivity index is 0.00000280. The third-order valence-electron chi connectivity index (χ3n) is 5.55. The minimum absolute atomic E-state index is 0. The van der Waals surface area contributed by atoms with Crippen molar-refractivity contribution in [3.8, 4) is 0 Å². The number of carbonyl (C=O) groups is 1. The second-order valence-corrected chi connectivity index (χ2v) is 7.41. The van der Waals surface area contributed by atoms with Crippen molar-refractivity contribution in [2.45, 2.75) is 57.7 Å². The lowest BCUT2D eigenvalue weighted by molar-refractivity contribution is 0.0526. The van der Waals surface area contributed by atoms with Crippen LogP contribution in [-0.2, 0) is 11.3 Å². The maximum Gasteiger partial charge on any atom is 0.338 e. The molecule has 2 aliphatic rings. The van der Waals surface area contributed by atoms with Crippen molar-refractivity contribution >= 4 is 35.9 Å². The van der Waals surface area contributed by atoms with Crippen LogP contribution in [0.3, 0.4) is 0 Å². The van der Waals surface area contributed by atoms with E-state index in [9.17, 15) is 4.79 Å². The highest BCUT2D eigenvalue weighted by atomic mass is 127. The lowest BCUT2D eigenvalue weighted by Gasteiger charge is -2.24. The van der Waals surface area contributed by atoms with Gasteiger partial charge in [0.05, 0.1) is 12.2 Å². The summed E-state index contributed by atoms with van der Waals surface area (Å²) in [7, 11) is 1.81. The van der Waals surface area contributed by atoms with Crippen LogP contribution in [0.4, 0.5) is 0 Å². The van der Waals surface area contributed by atoms with Crippen LogP contribution in [0.25, 0.3) is 0 Å². The molecular weight excluding hydrogens is 467 g/mol. The van der Waals surface area contributed by atoms with Gasteiger partial charge in [-0.25, -0.2) is 4.79 Å². The van der Waals surface area contributed by atoms with Crippen molar-refractivity contribution in [2.75, 3.05) is 26.7 Å². The second-order valence-electron chi connectivity index (χ2n) is 7.41. The van der Waals surface area contributed by atoms with E-state index in [1.807, 2.05) is 38.2 Å². The van der Waals surface area contributed by atoms with E-state index in [-0.39, 0.29) is 29.9 Å². The third kappa shape index (κ3) is 6.34. The van der Waals surface area contributed by atoms with Crippen molar-refractivity contribution < 1.29 is 9.53 Å². The summed E-state index contributed by atoms with van der Waals surface area (Å²) in [6.45, 7) is 5.17. The van der Waals surface area contributed by atoms with Gasteiger partial charge in [0.25, 0.3) is 0 Å². The van der Waals surface area contributed by atoms with Gasteiger partial charge < -0.3 is 15.4 Å². The first kappa shape index (κ1) is 22.9. The first-order valence-electron chi connectivity index (χ1n) is 10.2. The van der Waals surface area contributed by atoms with E-state index in [1.165, 1.54) is 38.6 Å². The van der Waals surface area contributed by atoms with Gasteiger partial charge in [-0.05, 0) is 43.9 Å². The highest BCUT2D eigenvalue weighted by Crippen LogP contribution is 2.26. The molecule has 1 saturated carbocycles. The van der Waals surface area contributed by atoms with Gasteiger partial charge in [-0.15, -0.1) is 24.0 Å². The smallest absolute Gasteiger partial charge is 0.338 e. The van der Waals surface area contributed by atoms with E-state index >= 15 is 0 Å². The number of nitrogens with one attached hydrogen (secondary N) is 2. The van der Waals surface area contributed by atoms with Gasteiger partial charge in [0.2, 0.25) is 0 Å². The number of rotatable bonds is 6. The van der Waals surface area contributed by atoms with Crippen LogP contribution >= 0.6 is 24.0 Å². The van der Waals surface area contributed by atoms with E-state index in [0.29, 0.717) is 24.8 Å². The van der Waals surface area contributed by atoms with Crippen molar-refractivity contribution in [2.24, 2.45) is 4.99 Å². The molecule has 1 heterocycles. The normalized spacial score (nSPS) is 20.6. The first-order chi connectivity index (χ1) is 13.2. The number of guanidine groups is 1. The van der Waals surface area contributed by atoms with Gasteiger partial charge in [0.15, 0.2) is 5.96 Å². The summed E-state index contributed by atoms with van der Waals surface area (Å²) in [4.78, 5) is 18.7. The molecule has 6 nitrogen and oxygen atoms in total. The Bertz CT molecular complexity index is 644. The fourth-order valence-electron chi connectivity index (χ4n) is 4.05. The average Bonchev–Trinajstić information content (AvgIpc) is 3.37. The zero-order chi connectivity index (χ0) is 19.1. The van der Waals surface area contributed by atoms with E-state index < -0.39 is 0 Å². The highest BCUT2D eigenvalue weighted by Gasteiger charge is 2.30. The van der Waals surface area contributed by atoms with Crippen LogP contribution in [0.1, 0.15) is 54.9 Å². The van der Waals surface area contributed by atoms with Gasteiger partial charge >= 0.3 is 5.97 Å². The standard InChI is InChI=1S/C21H32N4O2.HI/c1-3-27-20(26)17-10-8-16(9-11-17)14-23-21(22-2)24-18-12-13-25(15-18)19-6-4-5-7-19;/h8-11,18-19H,3-7,12-15H2,1-2H3,(H2,22,23,24);1H. The van der Waals surface area contributed by atoms with Crippen LogP contribution in [0.15, 0.2) is 29.3 Å². The molecule has 1 unspecified atom stereocenters. The Morgan fingerprint density at radius 1 is 1.21 bits per heavy atom. The van der Waals surface area contributed by atoms with Crippen molar-refractivity contribution in [3.63, 3.8) is 0 Å². The summed E-state index contributed by atoms with van der Waals surface area (Å²) >= 11 is 0. The summed E-state index contributed by atoms with van der Waals surface area (Å²) in [5.74, 6) is 0.560. The maximum atomic E-state index is 11.7. The molecule has 2 fully saturated rings. The predicted molar refractivity (Wildman–Crippen MR) is 123 cm³/mol. The molecule has 1 saturated heterocycles. The predicted octanol–water partition coefficient (Wildman–Crippen LogP) is 3.16. The minimum Gasteiger partial charge on any atom is -0.462 e. The molecule has 1 atom stereocenters. The molecule has 0 spiro atoms. The molecule has 2 N–H and O–H groups in total. The fraction of sp³-hybridized carbons (Fsp3) is 0.619. The monoisotopic (exact) mass is 500 g/mol. The van der Waals surface area contributed by atoms with Gasteiger partial charge in [0, 0.05) is 38.8 Å². The Labute approximate surface area is 185 Å². The van der Waals surface area contributed by atoms with Crippen LogP contribution in [0.2, 0.25) is 0 Å². The first-order valence-corrected chi connectivity index (χ1v) is 10.2. The number of nitrogens with zero attached hydrogens (tertiary/aromatic N) is 2. The number of esters is 1. The zero-order valence-corrected chi connectivity index (χ0v) is 19.3. The minimum atomic E-state index is -0.275. The Morgan fingerprint density at radius 3 is 2.57 bits per heavy atom. The molecular formula is C21H33IN4O2. The molecule has 3 rings (SSSR count). The van der Waals surface area contributed by atoms with Gasteiger partial charge in [-0.3, -0.25) is 9.89 Å². The number of hydrogen-bond donors (Lipinski definition) is 2. The molecule has 1 aliphatic carbocycles. The summed E-state index contributed by atoms with van der Waals surface area (Å²) in [5.41, 5.74) is 1.69. The summed E-state index contributed by atoms with van der Waals surface area (Å²) in [6, 6.07) is 8.77. The Hall–Kier alpha value is -1.35. The summed E-state index contributed by atoms with van der Waals surface area (Å²) in [6.07, 6.45) is 6.67. The van der Waals surface area contributed by atoms with E-state index in [4.69, 9.17) is 4.74 Å². The number of aliphatic imine (C=N–C) groups is 1. The number of halogens is 1. The van der Waals surface area contributed by atoms with Gasteiger partial charge in [0.1, 0.15) is 0 Å². The van der Waals surface area contributed by atoms with Crippen LogP contribution < -0.4 is 10.6 Å². The Kier molecular flexibility index (Phi) is 9.50. The quantitative estimate of drug-likeness (QED) is 0.272. The average molecular weight is 500 g/mol.